The van der Waals surface area contributed by atoms with Gasteiger partial charge in [0.15, 0.2) is 5.13 Å². The number of nitrogens with zero attached hydrogens (tertiary/aromatic N) is 1. The van der Waals surface area contributed by atoms with E-state index in [1.807, 2.05) is 5.32 Å². The van der Waals surface area contributed by atoms with Crippen LogP contribution < -0.4 is 10.6 Å². The Hall–Kier alpha value is -2.48. The molecule has 1 aromatic carbocycles. The van der Waals surface area contributed by atoms with Gasteiger partial charge in [-0.25, -0.2) is 14.2 Å². The zero-order chi connectivity index (χ0) is 13.8. The number of anilines is 2. The molecule has 0 atom stereocenters. The summed E-state index contributed by atoms with van der Waals surface area (Å²) in [5.74, 6) is -1.01. The van der Waals surface area contributed by atoms with Gasteiger partial charge in [-0.1, -0.05) is 6.07 Å². The Morgan fingerprint density at radius 3 is 2.79 bits per heavy atom. The molecule has 1 aromatic heterocycles. The number of benzene rings is 1. The number of rotatable bonds is 3. The lowest BCUT2D eigenvalue weighted by molar-refractivity contribution is 0.102. The second-order valence-corrected chi connectivity index (χ2v) is 4.29. The normalized spacial score (nSPS) is 9.95. The maximum absolute atomic E-state index is 12.9. The van der Waals surface area contributed by atoms with Gasteiger partial charge in [0, 0.05) is 11.1 Å². The summed E-state index contributed by atoms with van der Waals surface area (Å²) in [6, 6.07) is 5.42. The monoisotopic (exact) mass is 281 g/mol. The molecule has 0 unspecified atom stereocenters. The smallest absolute Gasteiger partial charge is 0.410 e. The van der Waals surface area contributed by atoms with Crippen molar-refractivity contribution in [2.24, 2.45) is 0 Å². The predicted molar refractivity (Wildman–Crippen MR) is 68.1 cm³/mol. The number of nitrogens with one attached hydrogen (secondary N) is 2. The molecular weight excluding hydrogens is 273 g/mol. The van der Waals surface area contributed by atoms with Gasteiger partial charge in [-0.05, 0) is 18.2 Å². The minimum atomic E-state index is -1.26. The molecule has 0 bridgehead atoms. The summed E-state index contributed by atoms with van der Waals surface area (Å²) in [4.78, 5) is 25.9. The largest absolute Gasteiger partial charge is 0.465 e. The third kappa shape index (κ3) is 3.49. The molecule has 0 radical (unpaired) electrons. The Labute approximate surface area is 110 Å². The van der Waals surface area contributed by atoms with E-state index < -0.39 is 17.8 Å². The van der Waals surface area contributed by atoms with Crippen molar-refractivity contribution in [1.29, 1.82) is 0 Å². The van der Waals surface area contributed by atoms with E-state index in [1.165, 1.54) is 29.6 Å². The van der Waals surface area contributed by atoms with Gasteiger partial charge in [0.1, 0.15) is 11.5 Å². The van der Waals surface area contributed by atoms with E-state index in [1.54, 1.807) is 0 Å². The van der Waals surface area contributed by atoms with Crippen LogP contribution in [0.3, 0.4) is 0 Å². The highest BCUT2D eigenvalue weighted by Gasteiger charge is 2.12. The van der Waals surface area contributed by atoms with Crippen LogP contribution in [0.5, 0.6) is 0 Å². The van der Waals surface area contributed by atoms with E-state index in [0.29, 0.717) is 5.69 Å². The number of carbonyl (C=O) groups excluding carboxylic acids is 1. The van der Waals surface area contributed by atoms with Crippen LogP contribution in [-0.2, 0) is 0 Å². The minimum absolute atomic E-state index is 0.0537. The van der Waals surface area contributed by atoms with E-state index >= 15 is 0 Å². The van der Waals surface area contributed by atoms with Gasteiger partial charge in [-0.15, -0.1) is 11.3 Å². The molecule has 3 N–H and O–H groups in total. The quantitative estimate of drug-likeness (QED) is 0.806. The number of hydrogen-bond donors (Lipinski definition) is 3. The van der Waals surface area contributed by atoms with Crippen molar-refractivity contribution in [3.63, 3.8) is 0 Å². The van der Waals surface area contributed by atoms with Gasteiger partial charge in [0.05, 0.1) is 0 Å². The highest BCUT2D eigenvalue weighted by atomic mass is 32.1. The van der Waals surface area contributed by atoms with Crippen molar-refractivity contribution >= 4 is 34.2 Å². The molecule has 0 aliphatic carbocycles. The summed E-state index contributed by atoms with van der Waals surface area (Å²) in [5, 5.41) is 14.5. The number of thiazole rings is 1. The summed E-state index contributed by atoms with van der Waals surface area (Å²) in [6.45, 7) is 0. The Kier molecular flexibility index (Phi) is 3.71. The number of halogens is 1. The van der Waals surface area contributed by atoms with Crippen LogP contribution in [0.25, 0.3) is 0 Å². The number of carbonyl (C=O) groups is 2. The van der Waals surface area contributed by atoms with E-state index in [-0.39, 0.29) is 10.8 Å². The van der Waals surface area contributed by atoms with Crippen molar-refractivity contribution in [2.45, 2.75) is 0 Å². The summed E-state index contributed by atoms with van der Waals surface area (Å²) in [6.07, 6.45) is -1.26. The first-order chi connectivity index (χ1) is 9.04. The van der Waals surface area contributed by atoms with Crippen LogP contribution in [-0.4, -0.2) is 22.1 Å². The molecule has 0 spiro atoms. The van der Waals surface area contributed by atoms with Crippen LogP contribution in [0.4, 0.5) is 20.0 Å². The van der Waals surface area contributed by atoms with Crippen LogP contribution in [0.15, 0.2) is 29.6 Å². The third-order valence-corrected chi connectivity index (χ3v) is 2.79. The van der Waals surface area contributed by atoms with E-state index in [4.69, 9.17) is 5.11 Å². The lowest BCUT2D eigenvalue weighted by Gasteiger charge is -2.02. The lowest BCUT2D eigenvalue weighted by Crippen LogP contribution is -2.13. The first-order valence-corrected chi connectivity index (χ1v) is 5.95. The SMILES string of the molecule is O=C(O)Nc1nc(C(=O)Nc2cccc(F)c2)cs1. The van der Waals surface area contributed by atoms with Crippen LogP contribution in [0.1, 0.15) is 10.5 Å². The van der Waals surface area contributed by atoms with Gasteiger partial charge in [0.25, 0.3) is 5.91 Å². The number of aromatic nitrogens is 1. The van der Waals surface area contributed by atoms with Gasteiger partial charge >= 0.3 is 6.09 Å². The summed E-state index contributed by atoms with van der Waals surface area (Å²) >= 11 is 0.982. The Bertz CT molecular complexity index is 629. The molecule has 19 heavy (non-hydrogen) atoms. The lowest BCUT2D eigenvalue weighted by atomic mass is 10.3. The predicted octanol–water partition coefficient (Wildman–Crippen LogP) is 2.62. The fraction of sp³-hybridized carbons (Fsp3) is 0. The van der Waals surface area contributed by atoms with Crippen molar-refractivity contribution in [3.8, 4) is 0 Å². The highest BCUT2D eigenvalue weighted by molar-refractivity contribution is 7.14. The van der Waals surface area contributed by atoms with Crippen molar-refractivity contribution in [2.75, 3.05) is 10.6 Å². The molecular formula is C11H8FN3O3S. The molecule has 6 nitrogen and oxygen atoms in total. The number of carboxylic acid groups (broad SMARTS) is 1. The molecule has 0 aliphatic heterocycles. The maximum atomic E-state index is 12.9. The zero-order valence-electron chi connectivity index (χ0n) is 9.38. The van der Waals surface area contributed by atoms with Crippen LogP contribution in [0, 0.1) is 5.82 Å². The Balaban J connectivity index is 2.07. The van der Waals surface area contributed by atoms with Crippen molar-refractivity contribution < 1.29 is 19.1 Å². The number of amides is 2. The molecule has 0 fully saturated rings. The standard InChI is InChI=1S/C11H8FN3O3S/c12-6-2-1-3-7(4-6)13-9(16)8-5-19-10(14-8)15-11(17)18/h1-5H,(H,13,16)(H,14,15)(H,17,18). The van der Waals surface area contributed by atoms with Crippen LogP contribution in [0.2, 0.25) is 0 Å². The molecule has 1 heterocycles. The molecule has 98 valence electrons. The zero-order valence-corrected chi connectivity index (χ0v) is 10.2. The molecule has 8 heteroatoms. The van der Waals surface area contributed by atoms with Crippen molar-refractivity contribution in [1.82, 2.24) is 4.98 Å². The second-order valence-electron chi connectivity index (χ2n) is 3.43. The third-order valence-electron chi connectivity index (χ3n) is 2.03. The Morgan fingerprint density at radius 2 is 2.11 bits per heavy atom. The van der Waals surface area contributed by atoms with E-state index in [2.05, 4.69) is 10.3 Å². The van der Waals surface area contributed by atoms with E-state index in [9.17, 15) is 14.0 Å². The first kappa shape index (κ1) is 13.0. The fourth-order valence-electron chi connectivity index (χ4n) is 1.29. The average Bonchev–Trinajstić information content (AvgIpc) is 2.76. The van der Waals surface area contributed by atoms with Crippen molar-refractivity contribution in [3.05, 3.63) is 41.2 Å². The molecule has 2 amide bonds. The van der Waals surface area contributed by atoms with Gasteiger partial charge in [-0.2, -0.15) is 0 Å². The first-order valence-electron chi connectivity index (χ1n) is 5.07. The van der Waals surface area contributed by atoms with Crippen LogP contribution >= 0.6 is 11.3 Å². The molecule has 2 rings (SSSR count). The topological polar surface area (TPSA) is 91.3 Å². The van der Waals surface area contributed by atoms with Gasteiger partial charge in [-0.3, -0.25) is 10.1 Å². The van der Waals surface area contributed by atoms with E-state index in [0.717, 1.165) is 11.3 Å². The fourth-order valence-corrected chi connectivity index (χ4v) is 1.97. The second kappa shape index (κ2) is 5.44. The summed E-state index contributed by atoms with van der Waals surface area (Å²) in [7, 11) is 0. The molecule has 0 saturated heterocycles. The van der Waals surface area contributed by atoms with Gasteiger partial charge < -0.3 is 10.4 Å². The molecule has 0 aliphatic rings. The average molecular weight is 281 g/mol. The maximum Gasteiger partial charge on any atom is 0.410 e. The summed E-state index contributed by atoms with van der Waals surface area (Å²) < 4.78 is 12.9. The minimum Gasteiger partial charge on any atom is -0.465 e. The molecule has 0 saturated carbocycles. The van der Waals surface area contributed by atoms with Gasteiger partial charge in [0.2, 0.25) is 0 Å². The number of hydrogen-bond acceptors (Lipinski definition) is 4. The molecule has 2 aromatic rings. The summed E-state index contributed by atoms with van der Waals surface area (Å²) in [5.41, 5.74) is 0.351. The highest BCUT2D eigenvalue weighted by Crippen LogP contribution is 2.17. The Morgan fingerprint density at radius 1 is 1.32 bits per heavy atom.